The van der Waals surface area contributed by atoms with Crippen LogP contribution in [0.25, 0.3) is 0 Å². The second kappa shape index (κ2) is 8.11. The summed E-state index contributed by atoms with van der Waals surface area (Å²) in [7, 11) is 0. The summed E-state index contributed by atoms with van der Waals surface area (Å²) in [5, 5.41) is 19.5. The fourth-order valence-corrected chi connectivity index (χ4v) is 3.42. The van der Waals surface area contributed by atoms with E-state index in [0.717, 1.165) is 0 Å². The molecule has 3 nitrogen and oxygen atoms in total. The molecule has 0 aliphatic heterocycles. The van der Waals surface area contributed by atoms with E-state index in [-0.39, 0.29) is 35.6 Å². The molecule has 2 aromatic carbocycles. The van der Waals surface area contributed by atoms with Crippen LogP contribution in [0.5, 0.6) is 5.75 Å². The Bertz CT molecular complexity index is 853. The summed E-state index contributed by atoms with van der Waals surface area (Å²) >= 11 is 12.6. The molecule has 26 heavy (non-hydrogen) atoms. The Kier molecular flexibility index (Phi) is 6.32. The predicted molar refractivity (Wildman–Crippen MR) is 102 cm³/mol. The minimum atomic E-state index is -1.09. The van der Waals surface area contributed by atoms with Crippen LogP contribution in [0.1, 0.15) is 42.0 Å². The normalized spacial score (nSPS) is 11.0. The zero-order chi connectivity index (χ0) is 19.6. The minimum absolute atomic E-state index is 0.0241. The Morgan fingerprint density at radius 3 is 2.31 bits per heavy atom. The number of carboxylic acids is 1. The highest BCUT2D eigenvalue weighted by Crippen LogP contribution is 2.34. The van der Waals surface area contributed by atoms with Gasteiger partial charge in [-0.3, -0.25) is 0 Å². The molecule has 2 aromatic rings. The first kappa shape index (κ1) is 20.3. The number of aliphatic carboxylic acids is 1. The fraction of sp³-hybridized carbons (Fsp3) is 0.250. The SMILES string of the molecule is C=C(Cc1cc(Cl)c(Cc2ccc(O)c(C(C)C)c2F)c(Cl)c1)C(=O)O. The largest absolute Gasteiger partial charge is 0.508 e. The van der Waals surface area contributed by atoms with Gasteiger partial charge in [0.15, 0.2) is 0 Å². The molecule has 0 saturated heterocycles. The standard InChI is InChI=1S/C20H19Cl2FO3/c1-10(2)18-17(24)5-4-13(19(18)23)9-14-15(21)7-12(8-16(14)22)6-11(3)20(25)26/h4-5,7-8,10,24H,3,6,9H2,1-2H3,(H,25,26). The van der Waals surface area contributed by atoms with Crippen molar-refractivity contribution in [2.75, 3.05) is 0 Å². The van der Waals surface area contributed by atoms with Gasteiger partial charge in [0.05, 0.1) is 0 Å². The van der Waals surface area contributed by atoms with Crippen LogP contribution in [0.4, 0.5) is 4.39 Å². The number of carboxylic acid groups (broad SMARTS) is 1. The van der Waals surface area contributed by atoms with Gasteiger partial charge in [-0.05, 0) is 40.8 Å². The molecule has 0 fully saturated rings. The summed E-state index contributed by atoms with van der Waals surface area (Å²) in [6, 6.07) is 6.18. The van der Waals surface area contributed by atoms with Gasteiger partial charge in [0, 0.05) is 34.0 Å². The van der Waals surface area contributed by atoms with Gasteiger partial charge in [-0.25, -0.2) is 9.18 Å². The lowest BCUT2D eigenvalue weighted by molar-refractivity contribution is -0.132. The number of rotatable bonds is 6. The van der Waals surface area contributed by atoms with Crippen molar-refractivity contribution in [2.45, 2.75) is 32.6 Å². The minimum Gasteiger partial charge on any atom is -0.508 e. The number of benzene rings is 2. The lowest BCUT2D eigenvalue weighted by atomic mass is 9.94. The van der Waals surface area contributed by atoms with Gasteiger partial charge >= 0.3 is 5.97 Å². The Morgan fingerprint density at radius 2 is 1.81 bits per heavy atom. The van der Waals surface area contributed by atoms with Crippen LogP contribution in [-0.4, -0.2) is 16.2 Å². The summed E-state index contributed by atoms with van der Waals surface area (Å²) < 4.78 is 14.8. The molecule has 0 aliphatic carbocycles. The van der Waals surface area contributed by atoms with Crippen molar-refractivity contribution in [3.8, 4) is 5.75 Å². The van der Waals surface area contributed by atoms with E-state index in [1.165, 1.54) is 12.1 Å². The molecule has 0 atom stereocenters. The number of hydrogen-bond acceptors (Lipinski definition) is 2. The van der Waals surface area contributed by atoms with E-state index in [2.05, 4.69) is 6.58 Å². The first-order chi connectivity index (χ1) is 12.1. The van der Waals surface area contributed by atoms with Gasteiger partial charge in [0.2, 0.25) is 0 Å². The predicted octanol–water partition coefficient (Wildman–Crippen LogP) is 5.74. The zero-order valence-electron chi connectivity index (χ0n) is 14.4. The molecule has 0 radical (unpaired) electrons. The summed E-state index contributed by atoms with van der Waals surface area (Å²) in [6.07, 6.45) is 0.268. The first-order valence-corrected chi connectivity index (χ1v) is 8.75. The Labute approximate surface area is 161 Å². The van der Waals surface area contributed by atoms with Crippen LogP contribution < -0.4 is 0 Å². The summed E-state index contributed by atoms with van der Waals surface area (Å²) in [6.45, 7) is 7.08. The first-order valence-electron chi connectivity index (χ1n) is 7.99. The fourth-order valence-electron chi connectivity index (χ4n) is 2.75. The molecular weight excluding hydrogens is 378 g/mol. The quantitative estimate of drug-likeness (QED) is 0.612. The molecule has 0 aromatic heterocycles. The Morgan fingerprint density at radius 1 is 1.23 bits per heavy atom. The zero-order valence-corrected chi connectivity index (χ0v) is 16.0. The van der Waals surface area contributed by atoms with E-state index in [1.54, 1.807) is 26.0 Å². The molecule has 0 spiro atoms. The van der Waals surface area contributed by atoms with Crippen molar-refractivity contribution in [3.63, 3.8) is 0 Å². The smallest absolute Gasteiger partial charge is 0.331 e. The lowest BCUT2D eigenvalue weighted by Gasteiger charge is -2.15. The van der Waals surface area contributed by atoms with E-state index in [1.807, 2.05) is 0 Å². The number of carbonyl (C=O) groups is 1. The van der Waals surface area contributed by atoms with Crippen molar-refractivity contribution in [3.05, 3.63) is 74.5 Å². The van der Waals surface area contributed by atoms with Gasteiger partial charge in [-0.2, -0.15) is 0 Å². The van der Waals surface area contributed by atoms with Gasteiger partial charge in [-0.15, -0.1) is 0 Å². The van der Waals surface area contributed by atoms with Gasteiger partial charge in [0.25, 0.3) is 0 Å². The van der Waals surface area contributed by atoms with Crippen LogP contribution in [0, 0.1) is 5.82 Å². The molecule has 0 aliphatic rings. The molecule has 0 heterocycles. The van der Waals surface area contributed by atoms with E-state index >= 15 is 0 Å². The van der Waals surface area contributed by atoms with Crippen LogP contribution >= 0.6 is 23.2 Å². The Hall–Kier alpha value is -2.04. The molecule has 0 unspecified atom stereocenters. The Balaban J connectivity index is 2.38. The van der Waals surface area contributed by atoms with E-state index in [0.29, 0.717) is 26.7 Å². The van der Waals surface area contributed by atoms with E-state index in [4.69, 9.17) is 28.3 Å². The second-order valence-corrected chi connectivity index (χ2v) is 7.24. The molecule has 6 heteroatoms. The van der Waals surface area contributed by atoms with Crippen molar-refractivity contribution < 1.29 is 19.4 Å². The van der Waals surface area contributed by atoms with Gasteiger partial charge < -0.3 is 10.2 Å². The monoisotopic (exact) mass is 396 g/mol. The number of hydrogen-bond donors (Lipinski definition) is 2. The van der Waals surface area contributed by atoms with Crippen molar-refractivity contribution >= 4 is 29.2 Å². The van der Waals surface area contributed by atoms with Crippen molar-refractivity contribution in [1.82, 2.24) is 0 Å². The number of aromatic hydroxyl groups is 1. The highest BCUT2D eigenvalue weighted by molar-refractivity contribution is 6.36. The highest BCUT2D eigenvalue weighted by Gasteiger charge is 2.18. The maximum Gasteiger partial charge on any atom is 0.331 e. The third kappa shape index (κ3) is 4.37. The molecule has 0 bridgehead atoms. The topological polar surface area (TPSA) is 57.5 Å². The van der Waals surface area contributed by atoms with Crippen LogP contribution in [0.15, 0.2) is 36.4 Å². The maximum atomic E-state index is 14.8. The third-order valence-electron chi connectivity index (χ3n) is 4.10. The maximum absolute atomic E-state index is 14.8. The van der Waals surface area contributed by atoms with Gasteiger partial charge in [0.1, 0.15) is 11.6 Å². The molecule has 0 amide bonds. The second-order valence-electron chi connectivity index (χ2n) is 6.43. The summed E-state index contributed by atoms with van der Waals surface area (Å²) in [4.78, 5) is 10.9. The molecule has 138 valence electrons. The van der Waals surface area contributed by atoms with Crippen molar-refractivity contribution in [2.24, 2.45) is 0 Å². The third-order valence-corrected chi connectivity index (χ3v) is 4.78. The van der Waals surface area contributed by atoms with E-state index < -0.39 is 11.8 Å². The van der Waals surface area contributed by atoms with E-state index in [9.17, 15) is 14.3 Å². The van der Waals surface area contributed by atoms with Crippen LogP contribution in [-0.2, 0) is 17.6 Å². The van der Waals surface area contributed by atoms with Crippen molar-refractivity contribution in [1.29, 1.82) is 0 Å². The number of phenolic OH excluding ortho intramolecular Hbond substituents is 1. The van der Waals surface area contributed by atoms with Crippen LogP contribution in [0.2, 0.25) is 10.0 Å². The van der Waals surface area contributed by atoms with Gasteiger partial charge in [-0.1, -0.05) is 49.7 Å². The average Bonchev–Trinajstić information content (AvgIpc) is 2.52. The molecule has 0 saturated carbocycles. The average molecular weight is 397 g/mol. The molecule has 2 rings (SSSR count). The molecule has 2 N–H and O–H groups in total. The lowest BCUT2D eigenvalue weighted by Crippen LogP contribution is -2.04. The summed E-state index contributed by atoms with van der Waals surface area (Å²) in [5.41, 5.74) is 1.81. The number of halogens is 3. The summed E-state index contributed by atoms with van der Waals surface area (Å²) in [5.74, 6) is -1.82. The number of phenols is 1. The molecular formula is C20H19Cl2FO3. The van der Waals surface area contributed by atoms with Crippen LogP contribution in [0.3, 0.4) is 0 Å². The highest BCUT2D eigenvalue weighted by atomic mass is 35.5.